The largest absolute Gasteiger partial charge is 0.507 e. The molecular weight excluding hydrogens is 470 g/mol. The highest BCUT2D eigenvalue weighted by Gasteiger charge is 2.47. The van der Waals surface area contributed by atoms with Crippen LogP contribution in [0, 0.1) is 6.92 Å². The number of rotatable bonds is 6. The molecule has 7 nitrogen and oxygen atoms in total. The maximum absolute atomic E-state index is 13.5. The van der Waals surface area contributed by atoms with Crippen molar-refractivity contribution in [1.82, 2.24) is 0 Å². The highest BCUT2D eigenvalue weighted by atomic mass is 16.5. The molecule has 0 bridgehead atoms. The van der Waals surface area contributed by atoms with E-state index in [9.17, 15) is 19.5 Å². The van der Waals surface area contributed by atoms with Crippen LogP contribution in [0.3, 0.4) is 0 Å². The predicted molar refractivity (Wildman–Crippen MR) is 141 cm³/mol. The molecule has 1 saturated heterocycles. The third kappa shape index (κ3) is 4.60. The minimum atomic E-state index is -0.905. The highest BCUT2D eigenvalue weighted by molar-refractivity contribution is 6.51. The molecule has 0 aliphatic carbocycles. The zero-order valence-corrected chi connectivity index (χ0v) is 21.4. The first-order chi connectivity index (χ1) is 17.7. The normalized spacial score (nSPS) is 16.8. The Morgan fingerprint density at radius 3 is 2.30 bits per heavy atom. The summed E-state index contributed by atoms with van der Waals surface area (Å²) in [7, 11) is 2.86. The van der Waals surface area contributed by atoms with Gasteiger partial charge in [0.15, 0.2) is 0 Å². The maximum Gasteiger partial charge on any atom is 0.337 e. The van der Waals surface area contributed by atoms with E-state index < -0.39 is 23.7 Å². The number of anilines is 1. The number of aryl methyl sites for hydroxylation is 1. The summed E-state index contributed by atoms with van der Waals surface area (Å²) in [5.74, 6) is -1.66. The lowest BCUT2D eigenvalue weighted by Crippen LogP contribution is -2.29. The van der Waals surface area contributed by atoms with Gasteiger partial charge in [0.25, 0.3) is 11.7 Å². The Bertz CT molecular complexity index is 1410. The van der Waals surface area contributed by atoms with Crippen LogP contribution in [0.1, 0.15) is 58.4 Å². The van der Waals surface area contributed by atoms with Crippen molar-refractivity contribution in [2.24, 2.45) is 0 Å². The highest BCUT2D eigenvalue weighted by Crippen LogP contribution is 2.43. The molecule has 1 aliphatic rings. The SMILES string of the molecule is COC(=O)c1cccc(N2C(=O)C(=O)/C(=C(/O)c3cc(C(C)C)c(OC)cc3C)C2c2ccccc2)c1. The van der Waals surface area contributed by atoms with E-state index in [0.717, 1.165) is 5.56 Å². The van der Waals surface area contributed by atoms with Crippen molar-refractivity contribution in [3.05, 3.63) is 100 Å². The Morgan fingerprint density at radius 2 is 1.68 bits per heavy atom. The second kappa shape index (κ2) is 10.3. The Morgan fingerprint density at radius 1 is 0.973 bits per heavy atom. The van der Waals surface area contributed by atoms with Crippen LogP contribution >= 0.6 is 0 Å². The summed E-state index contributed by atoms with van der Waals surface area (Å²) in [6.45, 7) is 5.83. The van der Waals surface area contributed by atoms with E-state index in [1.54, 1.807) is 49.6 Å². The Kier molecular flexibility index (Phi) is 7.16. The molecule has 190 valence electrons. The molecule has 3 aromatic carbocycles. The second-order valence-corrected chi connectivity index (χ2v) is 9.19. The summed E-state index contributed by atoms with van der Waals surface area (Å²) in [5.41, 5.74) is 3.21. The number of aliphatic hydroxyl groups excluding tert-OH is 1. The minimum Gasteiger partial charge on any atom is -0.507 e. The van der Waals surface area contributed by atoms with Gasteiger partial charge in [0.1, 0.15) is 11.5 Å². The molecule has 3 aromatic rings. The standard InChI is InChI=1S/C30H29NO6/c1-17(2)22-16-23(18(3)14-24(22)36-4)27(32)25-26(19-10-7-6-8-11-19)31(29(34)28(25)33)21-13-9-12-20(15-21)30(35)37-5/h6-17,26,32H,1-5H3/b27-25+. The Labute approximate surface area is 215 Å². The van der Waals surface area contributed by atoms with Gasteiger partial charge >= 0.3 is 5.97 Å². The topological polar surface area (TPSA) is 93.1 Å². The molecule has 1 atom stereocenters. The van der Waals surface area contributed by atoms with E-state index >= 15 is 0 Å². The van der Waals surface area contributed by atoms with E-state index in [1.165, 1.54) is 18.1 Å². The molecule has 0 radical (unpaired) electrons. The van der Waals surface area contributed by atoms with Crippen LogP contribution in [0.4, 0.5) is 5.69 Å². The van der Waals surface area contributed by atoms with Crippen molar-refractivity contribution in [3.63, 3.8) is 0 Å². The summed E-state index contributed by atoms with van der Waals surface area (Å²) >= 11 is 0. The zero-order chi connectivity index (χ0) is 26.9. The van der Waals surface area contributed by atoms with Crippen LogP contribution in [-0.2, 0) is 14.3 Å². The summed E-state index contributed by atoms with van der Waals surface area (Å²) in [5, 5.41) is 11.6. The molecule has 1 heterocycles. The predicted octanol–water partition coefficient (Wildman–Crippen LogP) is 5.54. The third-order valence-electron chi connectivity index (χ3n) is 6.56. The van der Waals surface area contributed by atoms with Gasteiger partial charge in [-0.25, -0.2) is 4.79 Å². The van der Waals surface area contributed by atoms with Crippen molar-refractivity contribution in [3.8, 4) is 5.75 Å². The lowest BCUT2D eigenvalue weighted by Gasteiger charge is -2.26. The van der Waals surface area contributed by atoms with Gasteiger partial charge in [0.05, 0.1) is 31.4 Å². The fourth-order valence-electron chi connectivity index (χ4n) is 4.68. The quantitative estimate of drug-likeness (QED) is 0.207. The van der Waals surface area contributed by atoms with Crippen molar-refractivity contribution >= 4 is 29.1 Å². The van der Waals surface area contributed by atoms with Crippen molar-refractivity contribution in [1.29, 1.82) is 0 Å². The average molecular weight is 500 g/mol. The summed E-state index contributed by atoms with van der Waals surface area (Å²) in [6.07, 6.45) is 0. The number of carbonyl (C=O) groups is 3. The molecule has 1 aliphatic heterocycles. The first-order valence-corrected chi connectivity index (χ1v) is 11.9. The van der Waals surface area contributed by atoms with Crippen LogP contribution in [0.2, 0.25) is 0 Å². The van der Waals surface area contributed by atoms with Crippen molar-refractivity contribution in [2.45, 2.75) is 32.7 Å². The van der Waals surface area contributed by atoms with Gasteiger partial charge in [-0.2, -0.15) is 0 Å². The number of amides is 1. The second-order valence-electron chi connectivity index (χ2n) is 9.19. The molecule has 1 N–H and O–H groups in total. The number of hydrogen-bond donors (Lipinski definition) is 1. The van der Waals surface area contributed by atoms with E-state index in [-0.39, 0.29) is 22.8 Å². The summed E-state index contributed by atoms with van der Waals surface area (Å²) < 4.78 is 10.4. The van der Waals surface area contributed by atoms with Gasteiger partial charge in [-0.1, -0.05) is 50.2 Å². The first-order valence-electron chi connectivity index (χ1n) is 11.9. The maximum atomic E-state index is 13.5. The molecule has 0 spiro atoms. The van der Waals surface area contributed by atoms with Crippen LogP contribution < -0.4 is 9.64 Å². The lowest BCUT2D eigenvalue weighted by atomic mass is 9.91. The fraction of sp³-hybridized carbons (Fsp3) is 0.233. The number of benzene rings is 3. The molecule has 4 rings (SSSR count). The molecule has 1 unspecified atom stereocenters. The number of nitrogens with zero attached hydrogens (tertiary/aromatic N) is 1. The first kappa shape index (κ1) is 25.7. The molecule has 0 aromatic heterocycles. The number of Topliss-reactive ketones (excluding diaryl/α,β-unsaturated/α-hetero) is 1. The fourth-order valence-corrected chi connectivity index (χ4v) is 4.68. The van der Waals surface area contributed by atoms with E-state index in [1.807, 2.05) is 39.0 Å². The van der Waals surface area contributed by atoms with Gasteiger partial charge in [0.2, 0.25) is 0 Å². The third-order valence-corrected chi connectivity index (χ3v) is 6.56. The number of esters is 1. The molecule has 1 amide bonds. The smallest absolute Gasteiger partial charge is 0.337 e. The number of ketones is 1. The van der Waals surface area contributed by atoms with E-state index in [4.69, 9.17) is 9.47 Å². The van der Waals surface area contributed by atoms with Crippen LogP contribution in [0.15, 0.2) is 72.3 Å². The number of hydrogen-bond acceptors (Lipinski definition) is 6. The van der Waals surface area contributed by atoms with Crippen LogP contribution in [-0.4, -0.2) is 37.0 Å². The minimum absolute atomic E-state index is 0.0253. The lowest BCUT2D eigenvalue weighted by molar-refractivity contribution is -0.132. The Balaban J connectivity index is 1.97. The van der Waals surface area contributed by atoms with Gasteiger partial charge < -0.3 is 14.6 Å². The van der Waals surface area contributed by atoms with Crippen LogP contribution in [0.25, 0.3) is 5.76 Å². The number of aliphatic hydroxyl groups is 1. The molecule has 0 saturated carbocycles. The average Bonchev–Trinajstić information content (AvgIpc) is 3.18. The van der Waals surface area contributed by atoms with Gasteiger partial charge in [-0.05, 0) is 59.9 Å². The summed E-state index contributed by atoms with van der Waals surface area (Å²) in [4.78, 5) is 40.4. The number of methoxy groups -OCH3 is 2. The molecule has 37 heavy (non-hydrogen) atoms. The van der Waals surface area contributed by atoms with Gasteiger partial charge in [-0.15, -0.1) is 0 Å². The van der Waals surface area contributed by atoms with Crippen molar-refractivity contribution in [2.75, 3.05) is 19.1 Å². The van der Waals surface area contributed by atoms with E-state index in [0.29, 0.717) is 28.1 Å². The number of carbonyl (C=O) groups excluding carboxylic acids is 3. The zero-order valence-electron chi connectivity index (χ0n) is 21.4. The summed E-state index contributed by atoms with van der Waals surface area (Å²) in [6, 6.07) is 18.1. The van der Waals surface area contributed by atoms with Gasteiger partial charge in [-0.3, -0.25) is 14.5 Å². The molecule has 7 heteroatoms. The van der Waals surface area contributed by atoms with Gasteiger partial charge in [0, 0.05) is 11.3 Å². The number of ether oxygens (including phenoxy) is 2. The van der Waals surface area contributed by atoms with Crippen molar-refractivity contribution < 1.29 is 29.0 Å². The molecule has 1 fully saturated rings. The Hall–Kier alpha value is -4.39. The molecular formula is C30H29NO6. The van der Waals surface area contributed by atoms with Crippen LogP contribution in [0.5, 0.6) is 5.75 Å². The monoisotopic (exact) mass is 499 g/mol. The van der Waals surface area contributed by atoms with E-state index in [2.05, 4.69) is 0 Å².